The Kier molecular flexibility index (Phi) is 5.98. The number of hydrogen-bond acceptors (Lipinski definition) is 3. The highest BCUT2D eigenvalue weighted by Crippen LogP contribution is 2.20. The summed E-state index contributed by atoms with van der Waals surface area (Å²) in [6, 6.07) is 3.89. The van der Waals surface area contributed by atoms with Crippen molar-refractivity contribution < 1.29 is 9.69 Å². The normalized spacial score (nSPS) is 12.2. The lowest BCUT2D eigenvalue weighted by molar-refractivity contribution is -0.899. The summed E-state index contributed by atoms with van der Waals surface area (Å²) in [6.07, 6.45) is 1.83. The molecule has 23 heavy (non-hydrogen) atoms. The molecule has 0 radical (unpaired) electrons. The summed E-state index contributed by atoms with van der Waals surface area (Å²) in [5, 5.41) is 7.29. The minimum Gasteiger partial charge on any atom is -0.319 e. The Morgan fingerprint density at radius 3 is 2.78 bits per heavy atom. The van der Waals surface area contributed by atoms with Crippen LogP contribution in [0, 0.1) is 13.8 Å². The predicted octanol–water partition coefficient (Wildman–Crippen LogP) is 1.96. The molecule has 1 unspecified atom stereocenters. The molecule has 7 heteroatoms. The van der Waals surface area contributed by atoms with E-state index in [0.29, 0.717) is 13.1 Å². The van der Waals surface area contributed by atoms with Gasteiger partial charge in [-0.2, -0.15) is 5.10 Å². The van der Waals surface area contributed by atoms with Crippen molar-refractivity contribution in [3.63, 3.8) is 0 Å². The molecular weight excluding hydrogens is 332 g/mol. The first kappa shape index (κ1) is 17.7. The zero-order valence-electron chi connectivity index (χ0n) is 13.6. The maximum absolute atomic E-state index is 12.4. The molecule has 0 aliphatic heterocycles. The fraction of sp³-hybridized carbons (Fsp3) is 0.375. The van der Waals surface area contributed by atoms with Gasteiger partial charge in [0, 0.05) is 7.05 Å². The van der Waals surface area contributed by atoms with E-state index in [1.807, 2.05) is 39.1 Å². The average Bonchev–Trinajstić information content (AvgIpc) is 2.98. The van der Waals surface area contributed by atoms with E-state index in [9.17, 15) is 4.79 Å². The average molecular weight is 354 g/mol. The van der Waals surface area contributed by atoms with Gasteiger partial charge in [0.25, 0.3) is 5.91 Å². The van der Waals surface area contributed by atoms with Gasteiger partial charge < -0.3 is 10.2 Å². The third-order valence-corrected chi connectivity index (χ3v) is 4.90. The van der Waals surface area contributed by atoms with Crippen molar-refractivity contribution in [2.45, 2.75) is 20.4 Å². The molecule has 0 saturated carbocycles. The molecular formula is C16H22ClN4OS+. The van der Waals surface area contributed by atoms with Gasteiger partial charge in [-0.05, 0) is 32.1 Å². The number of hydrogen-bond donors (Lipinski definition) is 2. The molecule has 0 fully saturated rings. The molecule has 0 aliphatic carbocycles. The zero-order chi connectivity index (χ0) is 17.0. The van der Waals surface area contributed by atoms with Gasteiger partial charge in [0.2, 0.25) is 0 Å². The van der Waals surface area contributed by atoms with Gasteiger partial charge in [0.1, 0.15) is 6.54 Å². The van der Waals surface area contributed by atoms with E-state index in [1.165, 1.54) is 0 Å². The summed E-state index contributed by atoms with van der Waals surface area (Å²) in [5.41, 5.74) is 2.58. The van der Waals surface area contributed by atoms with Gasteiger partial charge in [-0.1, -0.05) is 18.2 Å². The summed E-state index contributed by atoms with van der Waals surface area (Å²) >= 11 is 7.52. The largest absolute Gasteiger partial charge is 0.319 e. The highest BCUT2D eigenvalue weighted by molar-refractivity contribution is 7.16. The second-order valence-corrected chi connectivity index (χ2v) is 7.32. The minimum absolute atomic E-state index is 0.0243. The molecule has 0 spiro atoms. The molecule has 124 valence electrons. The number of rotatable bonds is 7. The Bertz CT molecular complexity index is 707. The predicted molar refractivity (Wildman–Crippen MR) is 95.2 cm³/mol. The van der Waals surface area contributed by atoms with E-state index < -0.39 is 0 Å². The molecule has 2 heterocycles. The van der Waals surface area contributed by atoms with E-state index in [1.54, 1.807) is 16.0 Å². The maximum atomic E-state index is 12.4. The molecule has 0 aromatic carbocycles. The molecule has 1 amide bonds. The van der Waals surface area contributed by atoms with Gasteiger partial charge in [-0.3, -0.25) is 9.48 Å². The van der Waals surface area contributed by atoms with Crippen molar-refractivity contribution >= 4 is 34.5 Å². The van der Waals surface area contributed by atoms with Crippen LogP contribution in [0.5, 0.6) is 0 Å². The lowest BCUT2D eigenvalue weighted by Crippen LogP contribution is -3.11. The van der Waals surface area contributed by atoms with Crippen LogP contribution in [-0.2, 0) is 18.4 Å². The molecule has 0 saturated heterocycles. The van der Waals surface area contributed by atoms with Crippen LogP contribution in [-0.4, -0.2) is 28.8 Å². The summed E-state index contributed by atoms with van der Waals surface area (Å²) in [5.74, 6) is -0.0243. The Hall–Kier alpha value is -1.63. The molecule has 0 aliphatic rings. The van der Waals surface area contributed by atoms with Crippen LogP contribution >= 0.6 is 22.9 Å². The lowest BCUT2D eigenvalue weighted by atomic mass is 10.3. The number of carbonyl (C=O) groups is 1. The Labute approximate surface area is 145 Å². The number of nitrogens with zero attached hydrogens (tertiary/aromatic N) is 2. The second kappa shape index (κ2) is 7.77. The van der Waals surface area contributed by atoms with Crippen molar-refractivity contribution in [2.75, 3.05) is 18.4 Å². The highest BCUT2D eigenvalue weighted by Gasteiger charge is 2.18. The topological polar surface area (TPSA) is 51.4 Å². The second-order valence-electron chi connectivity index (χ2n) is 5.52. The third-order valence-electron chi connectivity index (χ3n) is 3.67. The lowest BCUT2D eigenvalue weighted by Gasteiger charge is -2.16. The summed E-state index contributed by atoms with van der Waals surface area (Å²) in [7, 11) is 1.87. The number of amides is 1. The minimum atomic E-state index is -0.0243. The molecule has 2 N–H and O–H groups in total. The van der Waals surface area contributed by atoms with Crippen LogP contribution in [0.3, 0.4) is 0 Å². The smallest absolute Gasteiger partial charge is 0.279 e. The number of carbonyl (C=O) groups excluding carboxylic acids is 1. The highest BCUT2D eigenvalue weighted by atomic mass is 35.5. The number of aromatic nitrogens is 2. The standard InChI is InChI=1S/C16H21ClN4OS/c1-5-8-21(9-13-6-7-14(17)23-13)10-15(22)18-16-11(2)19-20(4)12(16)3/h5-7H,1,8-10H2,2-4H3,(H,18,22)/p+1. The van der Waals surface area contributed by atoms with Gasteiger partial charge >= 0.3 is 0 Å². The van der Waals surface area contributed by atoms with Crippen LogP contribution < -0.4 is 10.2 Å². The Morgan fingerprint density at radius 2 is 2.26 bits per heavy atom. The van der Waals surface area contributed by atoms with Gasteiger partial charge in [-0.15, -0.1) is 11.3 Å². The number of aryl methyl sites for hydroxylation is 2. The number of halogens is 1. The van der Waals surface area contributed by atoms with E-state index in [-0.39, 0.29) is 5.91 Å². The van der Waals surface area contributed by atoms with Crippen LogP contribution in [0.15, 0.2) is 24.8 Å². The number of quaternary nitrogens is 1. The van der Waals surface area contributed by atoms with Gasteiger partial charge in [0.15, 0.2) is 6.54 Å². The Balaban J connectivity index is 2.01. The van der Waals surface area contributed by atoms with Gasteiger partial charge in [-0.25, -0.2) is 0 Å². The quantitative estimate of drug-likeness (QED) is 0.748. The third kappa shape index (κ3) is 4.67. The summed E-state index contributed by atoms with van der Waals surface area (Å²) in [6.45, 7) is 9.46. The van der Waals surface area contributed by atoms with E-state index >= 15 is 0 Å². The van der Waals surface area contributed by atoms with Crippen LogP contribution in [0.4, 0.5) is 5.69 Å². The van der Waals surface area contributed by atoms with E-state index in [0.717, 1.165) is 37.7 Å². The first-order valence-electron chi connectivity index (χ1n) is 7.39. The first-order chi connectivity index (χ1) is 10.9. The first-order valence-corrected chi connectivity index (χ1v) is 8.59. The molecule has 0 bridgehead atoms. The Morgan fingerprint density at radius 1 is 1.52 bits per heavy atom. The van der Waals surface area contributed by atoms with Crippen molar-refractivity contribution in [1.29, 1.82) is 0 Å². The van der Waals surface area contributed by atoms with Crippen molar-refractivity contribution in [2.24, 2.45) is 7.05 Å². The number of anilines is 1. The number of thiophene rings is 1. The van der Waals surface area contributed by atoms with Crippen LogP contribution in [0.25, 0.3) is 0 Å². The molecule has 5 nitrogen and oxygen atoms in total. The van der Waals surface area contributed by atoms with E-state index in [2.05, 4.69) is 17.0 Å². The summed E-state index contributed by atoms with van der Waals surface area (Å²) < 4.78 is 2.54. The molecule has 2 aromatic heterocycles. The molecule has 2 aromatic rings. The zero-order valence-corrected chi connectivity index (χ0v) is 15.2. The van der Waals surface area contributed by atoms with E-state index in [4.69, 9.17) is 11.6 Å². The van der Waals surface area contributed by atoms with Crippen molar-refractivity contribution in [3.05, 3.63) is 45.4 Å². The van der Waals surface area contributed by atoms with Gasteiger partial charge in [0.05, 0.1) is 32.8 Å². The van der Waals surface area contributed by atoms with Crippen LogP contribution in [0.1, 0.15) is 16.3 Å². The molecule has 2 rings (SSSR count). The molecule has 1 atom stereocenters. The van der Waals surface area contributed by atoms with Crippen LogP contribution in [0.2, 0.25) is 4.34 Å². The number of nitrogens with one attached hydrogen (secondary N) is 2. The summed E-state index contributed by atoms with van der Waals surface area (Å²) in [4.78, 5) is 14.7. The van der Waals surface area contributed by atoms with Crippen molar-refractivity contribution in [1.82, 2.24) is 9.78 Å². The maximum Gasteiger partial charge on any atom is 0.279 e. The van der Waals surface area contributed by atoms with Crippen molar-refractivity contribution in [3.8, 4) is 0 Å². The fourth-order valence-electron chi connectivity index (χ4n) is 2.47. The SMILES string of the molecule is C=CC[NH+](CC(=O)Nc1c(C)nn(C)c1C)Cc1ccc(Cl)s1. The fourth-order valence-corrected chi connectivity index (χ4v) is 3.63. The monoisotopic (exact) mass is 353 g/mol.